The van der Waals surface area contributed by atoms with E-state index < -0.39 is 28.0 Å². The third-order valence-electron chi connectivity index (χ3n) is 2.83. The van der Waals surface area contributed by atoms with Gasteiger partial charge in [0.1, 0.15) is 5.75 Å². The van der Waals surface area contributed by atoms with Crippen molar-refractivity contribution in [3.05, 3.63) is 24.3 Å². The Balaban J connectivity index is 2.95. The van der Waals surface area contributed by atoms with Gasteiger partial charge in [-0.2, -0.15) is 0 Å². The molecule has 0 aliphatic rings. The number of nitrogens with one attached hydrogen (secondary N) is 1. The summed E-state index contributed by atoms with van der Waals surface area (Å²) in [5.41, 5.74) is 0. The summed E-state index contributed by atoms with van der Waals surface area (Å²) >= 11 is 0. The Kier molecular flexibility index (Phi) is 4.90. The minimum Gasteiger partial charge on any atom is -0.497 e. The van der Waals surface area contributed by atoms with Gasteiger partial charge in [0, 0.05) is 12.1 Å². The van der Waals surface area contributed by atoms with Crippen LogP contribution in [0.15, 0.2) is 29.2 Å². The van der Waals surface area contributed by atoms with Gasteiger partial charge in [-0.25, -0.2) is 13.1 Å². The van der Waals surface area contributed by atoms with Gasteiger partial charge in [-0.3, -0.25) is 4.79 Å². The molecule has 0 radical (unpaired) electrons. The molecule has 19 heavy (non-hydrogen) atoms. The molecule has 1 rings (SSSR count). The number of carboxylic acid groups (broad SMARTS) is 1. The fraction of sp³-hybridized carbons (Fsp3) is 0.417. The van der Waals surface area contributed by atoms with E-state index in [1.807, 2.05) is 0 Å². The SMILES string of the molecule is COc1cccc(S(=O)(=O)NC(C)C(C)C(=O)O)c1. The van der Waals surface area contributed by atoms with Crippen LogP contribution in [0.1, 0.15) is 13.8 Å². The number of ether oxygens (including phenoxy) is 1. The highest BCUT2D eigenvalue weighted by Crippen LogP contribution is 2.18. The first-order valence-electron chi connectivity index (χ1n) is 5.67. The molecule has 0 heterocycles. The molecule has 0 saturated carbocycles. The largest absolute Gasteiger partial charge is 0.497 e. The molecular formula is C12H17NO5S. The zero-order chi connectivity index (χ0) is 14.6. The van der Waals surface area contributed by atoms with Crippen molar-refractivity contribution in [2.24, 2.45) is 5.92 Å². The molecule has 0 aliphatic carbocycles. The molecule has 2 N–H and O–H groups in total. The molecule has 0 aliphatic heterocycles. The summed E-state index contributed by atoms with van der Waals surface area (Å²) in [5.74, 6) is -1.46. The predicted octanol–water partition coefficient (Wildman–Crippen LogP) is 1.08. The van der Waals surface area contributed by atoms with E-state index in [0.29, 0.717) is 5.75 Å². The maximum Gasteiger partial charge on any atom is 0.307 e. The second-order valence-electron chi connectivity index (χ2n) is 4.22. The Morgan fingerprint density at radius 3 is 2.53 bits per heavy atom. The van der Waals surface area contributed by atoms with Gasteiger partial charge in [-0.15, -0.1) is 0 Å². The molecule has 106 valence electrons. The zero-order valence-electron chi connectivity index (χ0n) is 11.0. The van der Waals surface area contributed by atoms with Crippen LogP contribution in [-0.4, -0.2) is 32.6 Å². The van der Waals surface area contributed by atoms with Crippen LogP contribution in [0.5, 0.6) is 5.75 Å². The fourth-order valence-corrected chi connectivity index (χ4v) is 2.76. The molecule has 1 aromatic carbocycles. The minimum absolute atomic E-state index is 0.0382. The van der Waals surface area contributed by atoms with Crippen LogP contribution in [0.3, 0.4) is 0 Å². The van der Waals surface area contributed by atoms with Crippen LogP contribution in [0.4, 0.5) is 0 Å². The Labute approximate surface area is 112 Å². The van der Waals surface area contributed by atoms with E-state index in [1.54, 1.807) is 12.1 Å². The molecule has 0 saturated heterocycles. The van der Waals surface area contributed by atoms with Gasteiger partial charge in [0.15, 0.2) is 0 Å². The number of benzene rings is 1. The quantitative estimate of drug-likeness (QED) is 0.816. The summed E-state index contributed by atoms with van der Waals surface area (Å²) in [6.07, 6.45) is 0. The van der Waals surface area contributed by atoms with Crippen molar-refractivity contribution >= 4 is 16.0 Å². The predicted molar refractivity (Wildman–Crippen MR) is 69.6 cm³/mol. The zero-order valence-corrected chi connectivity index (χ0v) is 11.8. The van der Waals surface area contributed by atoms with Crippen LogP contribution in [0.2, 0.25) is 0 Å². The fourth-order valence-electron chi connectivity index (χ4n) is 1.40. The first-order chi connectivity index (χ1) is 8.77. The van der Waals surface area contributed by atoms with Gasteiger partial charge >= 0.3 is 5.97 Å². The highest BCUT2D eigenvalue weighted by atomic mass is 32.2. The summed E-state index contributed by atoms with van der Waals surface area (Å²) in [6.45, 7) is 2.96. The molecule has 0 spiro atoms. The van der Waals surface area contributed by atoms with Crippen LogP contribution in [0, 0.1) is 5.92 Å². The van der Waals surface area contributed by atoms with E-state index in [1.165, 1.54) is 33.1 Å². The maximum atomic E-state index is 12.1. The van der Waals surface area contributed by atoms with Crippen LogP contribution in [0.25, 0.3) is 0 Å². The summed E-state index contributed by atoms with van der Waals surface area (Å²) in [5, 5.41) is 8.85. The minimum atomic E-state index is -3.76. The third-order valence-corrected chi connectivity index (χ3v) is 4.39. The van der Waals surface area contributed by atoms with Crippen LogP contribution < -0.4 is 9.46 Å². The first kappa shape index (κ1) is 15.5. The molecule has 0 bridgehead atoms. The lowest BCUT2D eigenvalue weighted by Gasteiger charge is -2.18. The van der Waals surface area contributed by atoms with Crippen molar-refractivity contribution in [2.75, 3.05) is 7.11 Å². The van der Waals surface area contributed by atoms with Crippen molar-refractivity contribution in [2.45, 2.75) is 24.8 Å². The summed E-state index contributed by atoms with van der Waals surface area (Å²) in [6, 6.07) is 5.26. The topological polar surface area (TPSA) is 92.7 Å². The monoisotopic (exact) mass is 287 g/mol. The van der Waals surface area contributed by atoms with Crippen molar-refractivity contribution in [3.8, 4) is 5.75 Å². The van der Waals surface area contributed by atoms with E-state index in [9.17, 15) is 13.2 Å². The summed E-state index contributed by atoms with van der Waals surface area (Å²) < 4.78 is 31.5. The summed E-state index contributed by atoms with van der Waals surface area (Å²) in [7, 11) is -2.33. The second kappa shape index (κ2) is 6.03. The number of rotatable bonds is 6. The van der Waals surface area contributed by atoms with Crippen molar-refractivity contribution in [1.82, 2.24) is 4.72 Å². The second-order valence-corrected chi connectivity index (χ2v) is 5.93. The Morgan fingerprint density at radius 2 is 2.00 bits per heavy atom. The summed E-state index contributed by atoms with van der Waals surface area (Å²) in [4.78, 5) is 10.8. The molecule has 6 nitrogen and oxygen atoms in total. The van der Waals surface area contributed by atoms with Crippen molar-refractivity contribution in [3.63, 3.8) is 0 Å². The first-order valence-corrected chi connectivity index (χ1v) is 7.15. The molecular weight excluding hydrogens is 270 g/mol. The van der Waals surface area contributed by atoms with Gasteiger partial charge in [-0.05, 0) is 19.1 Å². The number of carbonyl (C=O) groups is 1. The lowest BCUT2D eigenvalue weighted by Crippen LogP contribution is -2.39. The van der Waals surface area contributed by atoms with Gasteiger partial charge in [-0.1, -0.05) is 13.0 Å². The number of carboxylic acids is 1. The van der Waals surface area contributed by atoms with E-state index in [2.05, 4.69) is 4.72 Å². The van der Waals surface area contributed by atoms with E-state index in [4.69, 9.17) is 9.84 Å². The lowest BCUT2D eigenvalue weighted by atomic mass is 10.1. The Bertz CT molecular complexity index is 555. The smallest absolute Gasteiger partial charge is 0.307 e. The molecule has 2 unspecified atom stereocenters. The maximum absolute atomic E-state index is 12.1. The average Bonchev–Trinajstić information content (AvgIpc) is 2.37. The normalized spacial score (nSPS) is 14.7. The third kappa shape index (κ3) is 3.93. The molecule has 1 aromatic rings. The van der Waals surface area contributed by atoms with Crippen molar-refractivity contribution < 1.29 is 23.1 Å². The van der Waals surface area contributed by atoms with Crippen LogP contribution >= 0.6 is 0 Å². The average molecular weight is 287 g/mol. The van der Waals surface area contributed by atoms with Gasteiger partial charge in [0.2, 0.25) is 10.0 Å². The Hall–Kier alpha value is -1.60. The highest BCUT2D eigenvalue weighted by Gasteiger charge is 2.25. The van der Waals surface area contributed by atoms with E-state index in [-0.39, 0.29) is 4.90 Å². The van der Waals surface area contributed by atoms with E-state index in [0.717, 1.165) is 0 Å². The van der Waals surface area contributed by atoms with Gasteiger partial charge < -0.3 is 9.84 Å². The molecule has 0 aromatic heterocycles. The number of hydrogen-bond acceptors (Lipinski definition) is 4. The van der Waals surface area contributed by atoms with E-state index >= 15 is 0 Å². The number of sulfonamides is 1. The molecule has 0 amide bonds. The standard InChI is InChI=1S/C12H17NO5S/c1-8(12(14)15)9(2)13-19(16,17)11-6-4-5-10(7-11)18-3/h4-9,13H,1-3H3,(H,14,15). The number of hydrogen-bond donors (Lipinski definition) is 2. The number of methoxy groups -OCH3 is 1. The Morgan fingerprint density at radius 1 is 1.37 bits per heavy atom. The van der Waals surface area contributed by atoms with Crippen LogP contribution in [-0.2, 0) is 14.8 Å². The van der Waals surface area contributed by atoms with Crippen molar-refractivity contribution in [1.29, 1.82) is 0 Å². The highest BCUT2D eigenvalue weighted by molar-refractivity contribution is 7.89. The van der Waals surface area contributed by atoms with Gasteiger partial charge in [0.25, 0.3) is 0 Å². The lowest BCUT2D eigenvalue weighted by molar-refractivity contribution is -0.141. The van der Waals surface area contributed by atoms with Gasteiger partial charge in [0.05, 0.1) is 17.9 Å². The molecule has 7 heteroatoms. The molecule has 2 atom stereocenters. The number of aliphatic carboxylic acids is 1. The molecule has 0 fully saturated rings.